The van der Waals surface area contributed by atoms with E-state index in [1.807, 2.05) is 0 Å². The van der Waals surface area contributed by atoms with Crippen molar-refractivity contribution in [2.75, 3.05) is 46.9 Å². The highest BCUT2D eigenvalue weighted by Crippen LogP contribution is 2.11. The number of rotatable bonds is 28. The molecule has 0 heterocycles. The van der Waals surface area contributed by atoms with Crippen LogP contribution >= 0.6 is 0 Å². The molecule has 0 aliphatic carbocycles. The first kappa shape index (κ1) is 37.2. The molecule has 0 aromatic heterocycles. The number of carbonyl (C=O) groups is 3. The molecule has 0 spiro atoms. The van der Waals surface area contributed by atoms with Crippen LogP contribution in [0.5, 0.6) is 0 Å². The van der Waals surface area contributed by atoms with Gasteiger partial charge in [0, 0.05) is 33.5 Å². The summed E-state index contributed by atoms with van der Waals surface area (Å²) in [5.41, 5.74) is 0. The first-order valence-corrected chi connectivity index (χ1v) is 15.9. The van der Waals surface area contributed by atoms with Gasteiger partial charge in [0.15, 0.2) is 0 Å². The van der Waals surface area contributed by atoms with E-state index in [0.29, 0.717) is 19.6 Å². The van der Waals surface area contributed by atoms with Gasteiger partial charge in [-0.1, -0.05) is 84.0 Å². The Morgan fingerprint density at radius 3 is 1.69 bits per heavy atom. The van der Waals surface area contributed by atoms with Gasteiger partial charge in [0.2, 0.25) is 0 Å². The second kappa shape index (κ2) is 27.7. The van der Waals surface area contributed by atoms with Crippen molar-refractivity contribution in [3.05, 3.63) is 0 Å². The summed E-state index contributed by atoms with van der Waals surface area (Å²) in [6.45, 7) is 6.55. The SMILES string of the molecule is CCCCCCCCCOC(=O)CCCCCCCN(CCCCCCCC(=O)O)CCCNC(=O)N(C)C. The highest BCUT2D eigenvalue weighted by Gasteiger charge is 2.07. The Hall–Kier alpha value is -1.83. The summed E-state index contributed by atoms with van der Waals surface area (Å²) < 4.78 is 5.38. The molecule has 39 heavy (non-hydrogen) atoms. The first-order valence-electron chi connectivity index (χ1n) is 15.9. The number of hydrogen-bond acceptors (Lipinski definition) is 5. The summed E-state index contributed by atoms with van der Waals surface area (Å²) >= 11 is 0. The van der Waals surface area contributed by atoms with Gasteiger partial charge in [0.25, 0.3) is 0 Å². The number of unbranched alkanes of at least 4 members (excludes halogenated alkanes) is 14. The van der Waals surface area contributed by atoms with Gasteiger partial charge in [0.1, 0.15) is 0 Å². The molecule has 8 nitrogen and oxygen atoms in total. The molecule has 0 radical (unpaired) electrons. The van der Waals surface area contributed by atoms with E-state index in [-0.39, 0.29) is 18.4 Å². The van der Waals surface area contributed by atoms with Gasteiger partial charge in [-0.2, -0.15) is 0 Å². The van der Waals surface area contributed by atoms with Crippen LogP contribution < -0.4 is 5.32 Å². The smallest absolute Gasteiger partial charge is 0.316 e. The number of hydrogen-bond donors (Lipinski definition) is 2. The Balaban J connectivity index is 3.93. The minimum Gasteiger partial charge on any atom is -0.481 e. The minimum absolute atomic E-state index is 0.0449. The molecular formula is C31H61N3O5. The van der Waals surface area contributed by atoms with Crippen molar-refractivity contribution in [2.45, 2.75) is 135 Å². The highest BCUT2D eigenvalue weighted by atomic mass is 16.5. The molecule has 0 rings (SSSR count). The predicted octanol–water partition coefficient (Wildman–Crippen LogP) is 7.01. The van der Waals surface area contributed by atoms with Crippen LogP contribution in [0.3, 0.4) is 0 Å². The van der Waals surface area contributed by atoms with E-state index in [1.54, 1.807) is 19.0 Å². The van der Waals surface area contributed by atoms with Crippen LogP contribution in [0.1, 0.15) is 135 Å². The van der Waals surface area contributed by atoms with Crippen molar-refractivity contribution in [3.63, 3.8) is 0 Å². The maximum absolute atomic E-state index is 11.9. The maximum atomic E-state index is 11.9. The molecule has 0 aliphatic rings. The molecule has 0 saturated carbocycles. The molecule has 0 bridgehead atoms. The highest BCUT2D eigenvalue weighted by molar-refractivity contribution is 5.73. The van der Waals surface area contributed by atoms with Crippen molar-refractivity contribution >= 4 is 18.0 Å². The number of nitrogens with one attached hydrogen (secondary N) is 1. The number of carboxylic acid groups (broad SMARTS) is 1. The van der Waals surface area contributed by atoms with Gasteiger partial charge < -0.3 is 25.0 Å². The minimum atomic E-state index is -0.707. The van der Waals surface area contributed by atoms with Crippen molar-refractivity contribution < 1.29 is 24.2 Å². The fourth-order valence-electron chi connectivity index (χ4n) is 4.59. The third kappa shape index (κ3) is 27.5. The summed E-state index contributed by atoms with van der Waals surface area (Å²) in [4.78, 5) is 38.3. The quantitative estimate of drug-likeness (QED) is 0.0796. The van der Waals surface area contributed by atoms with Crippen molar-refractivity contribution in [1.82, 2.24) is 15.1 Å². The van der Waals surface area contributed by atoms with Gasteiger partial charge in [-0.05, 0) is 58.2 Å². The molecule has 0 aliphatic heterocycles. The first-order chi connectivity index (χ1) is 18.9. The van der Waals surface area contributed by atoms with Crippen molar-refractivity contribution in [2.24, 2.45) is 0 Å². The number of urea groups is 1. The second-order valence-corrected chi connectivity index (χ2v) is 11.1. The van der Waals surface area contributed by atoms with Crippen LogP contribution in [0.25, 0.3) is 0 Å². The molecule has 0 fully saturated rings. The molecule has 230 valence electrons. The van der Waals surface area contributed by atoms with Crippen molar-refractivity contribution in [1.29, 1.82) is 0 Å². The number of nitrogens with zero attached hydrogens (tertiary/aromatic N) is 2. The lowest BCUT2D eigenvalue weighted by Crippen LogP contribution is -2.36. The van der Waals surface area contributed by atoms with Gasteiger partial charge in [0.05, 0.1) is 6.61 Å². The third-order valence-corrected chi connectivity index (χ3v) is 7.06. The fraction of sp³-hybridized carbons (Fsp3) is 0.903. The Kier molecular flexibility index (Phi) is 26.4. The van der Waals surface area contributed by atoms with E-state index in [9.17, 15) is 14.4 Å². The van der Waals surface area contributed by atoms with E-state index in [1.165, 1.54) is 32.1 Å². The predicted molar refractivity (Wildman–Crippen MR) is 160 cm³/mol. The van der Waals surface area contributed by atoms with Gasteiger partial charge >= 0.3 is 18.0 Å². The van der Waals surface area contributed by atoms with Crippen LogP contribution in [0, 0.1) is 0 Å². The van der Waals surface area contributed by atoms with Crippen LogP contribution in [0.4, 0.5) is 4.79 Å². The number of carboxylic acids is 1. The maximum Gasteiger partial charge on any atom is 0.316 e. The topological polar surface area (TPSA) is 99.2 Å². The van der Waals surface area contributed by atoms with Crippen LogP contribution in [-0.4, -0.2) is 79.8 Å². The summed E-state index contributed by atoms with van der Waals surface area (Å²) in [6, 6.07) is -0.0513. The van der Waals surface area contributed by atoms with Crippen LogP contribution in [-0.2, 0) is 14.3 Å². The number of ether oxygens (including phenoxy) is 1. The molecule has 8 heteroatoms. The largest absolute Gasteiger partial charge is 0.481 e. The Labute approximate surface area is 239 Å². The van der Waals surface area contributed by atoms with Gasteiger partial charge in [-0.15, -0.1) is 0 Å². The monoisotopic (exact) mass is 555 g/mol. The van der Waals surface area contributed by atoms with E-state index in [2.05, 4.69) is 17.1 Å². The van der Waals surface area contributed by atoms with Crippen molar-refractivity contribution in [3.8, 4) is 0 Å². The summed E-state index contributed by atoms with van der Waals surface area (Å²) in [5.74, 6) is -0.752. The van der Waals surface area contributed by atoms with E-state index in [4.69, 9.17) is 9.84 Å². The average molecular weight is 556 g/mol. The number of amides is 2. The average Bonchev–Trinajstić information content (AvgIpc) is 2.90. The lowest BCUT2D eigenvalue weighted by Gasteiger charge is -2.23. The molecule has 0 unspecified atom stereocenters. The zero-order valence-corrected chi connectivity index (χ0v) is 25.7. The molecule has 2 N–H and O–H groups in total. The lowest BCUT2D eigenvalue weighted by molar-refractivity contribution is -0.144. The fourth-order valence-corrected chi connectivity index (χ4v) is 4.59. The van der Waals surface area contributed by atoms with E-state index in [0.717, 1.165) is 103 Å². The molecule has 0 saturated heterocycles. The Bertz CT molecular complexity index is 601. The van der Waals surface area contributed by atoms with Crippen LogP contribution in [0.15, 0.2) is 0 Å². The zero-order chi connectivity index (χ0) is 29.0. The standard InChI is InChI=1S/C31H61N3O5/c1-4-5-6-7-8-15-20-28-39-30(37)23-17-12-10-14-19-26-34(27-21-24-32-31(38)33(2)3)25-18-13-9-11-16-22-29(35)36/h4-28H2,1-3H3,(H,32,38)(H,35,36). The Morgan fingerprint density at radius 1 is 0.641 bits per heavy atom. The summed E-state index contributed by atoms with van der Waals surface area (Å²) in [7, 11) is 3.50. The number of esters is 1. The van der Waals surface area contributed by atoms with E-state index < -0.39 is 5.97 Å². The molecular weight excluding hydrogens is 494 g/mol. The number of aliphatic carboxylic acids is 1. The van der Waals surface area contributed by atoms with Crippen LogP contribution in [0.2, 0.25) is 0 Å². The number of carbonyl (C=O) groups excluding carboxylic acids is 2. The Morgan fingerprint density at radius 2 is 1.13 bits per heavy atom. The molecule has 0 aromatic carbocycles. The zero-order valence-electron chi connectivity index (χ0n) is 25.7. The third-order valence-electron chi connectivity index (χ3n) is 7.06. The lowest BCUT2D eigenvalue weighted by atomic mass is 10.1. The second-order valence-electron chi connectivity index (χ2n) is 11.1. The summed E-state index contributed by atoms with van der Waals surface area (Å²) in [5, 5.41) is 11.7. The summed E-state index contributed by atoms with van der Waals surface area (Å²) in [6.07, 6.45) is 20.9. The van der Waals surface area contributed by atoms with Gasteiger partial charge in [-0.25, -0.2) is 4.79 Å². The molecule has 0 aromatic rings. The van der Waals surface area contributed by atoms with E-state index >= 15 is 0 Å². The molecule has 0 atom stereocenters. The van der Waals surface area contributed by atoms with Gasteiger partial charge in [-0.3, -0.25) is 9.59 Å². The molecule has 2 amide bonds. The normalized spacial score (nSPS) is 11.1.